The quantitative estimate of drug-likeness (QED) is 0.539. The highest BCUT2D eigenvalue weighted by Gasteiger charge is 2.30. The van der Waals surface area contributed by atoms with Crippen LogP contribution >= 0.6 is 11.6 Å². The molecule has 0 bridgehead atoms. The molecule has 1 fully saturated rings. The van der Waals surface area contributed by atoms with E-state index in [1.165, 1.54) is 18.5 Å². The number of carbonyl (C=O) groups excluding carboxylic acids is 1. The fourth-order valence-corrected chi connectivity index (χ4v) is 4.00. The number of imidazole rings is 1. The lowest BCUT2D eigenvalue weighted by Crippen LogP contribution is -2.29. The first-order valence-corrected chi connectivity index (χ1v) is 9.09. The van der Waals surface area contributed by atoms with Gasteiger partial charge in [-0.15, -0.1) is 0 Å². The molecule has 5 rings (SSSR count). The van der Waals surface area contributed by atoms with Gasteiger partial charge in [-0.25, -0.2) is 19.3 Å². The number of hydrogen-bond acceptors (Lipinski definition) is 5. The number of nitrogens with zero attached hydrogens (tertiary/aromatic N) is 5. The summed E-state index contributed by atoms with van der Waals surface area (Å²) < 4.78 is 15.5. The first-order chi connectivity index (χ1) is 13.5. The second-order valence-electron chi connectivity index (χ2n) is 6.81. The Morgan fingerprint density at radius 1 is 1.29 bits per heavy atom. The maximum absolute atomic E-state index is 13.5. The highest BCUT2D eigenvalue weighted by Crippen LogP contribution is 2.29. The summed E-state index contributed by atoms with van der Waals surface area (Å²) in [5.74, 6) is -0.279. The van der Waals surface area contributed by atoms with Gasteiger partial charge in [0.2, 0.25) is 0 Å². The summed E-state index contributed by atoms with van der Waals surface area (Å²) in [6.45, 7) is 1.09. The van der Waals surface area contributed by atoms with E-state index in [0.717, 1.165) is 6.42 Å². The van der Waals surface area contributed by atoms with Crippen molar-refractivity contribution in [2.75, 3.05) is 18.8 Å². The fraction of sp³-hybridized carbons (Fsp3) is 0.222. The van der Waals surface area contributed by atoms with Crippen LogP contribution < -0.4 is 5.73 Å². The Kier molecular flexibility index (Phi) is 3.73. The maximum Gasteiger partial charge on any atom is 0.270 e. The molecule has 4 heterocycles. The molecule has 0 radical (unpaired) electrons. The summed E-state index contributed by atoms with van der Waals surface area (Å²) in [5.41, 5.74) is 7.93. The van der Waals surface area contributed by atoms with E-state index < -0.39 is 5.82 Å². The van der Waals surface area contributed by atoms with E-state index >= 15 is 0 Å². The lowest BCUT2D eigenvalue weighted by Gasteiger charge is -2.16. The van der Waals surface area contributed by atoms with Gasteiger partial charge in [0.15, 0.2) is 11.5 Å². The van der Waals surface area contributed by atoms with Gasteiger partial charge in [-0.05, 0) is 24.6 Å². The molecule has 1 unspecified atom stereocenters. The number of anilines is 1. The SMILES string of the molecule is Nc1ncnc2c1ncn2C1CCN(C(=O)c2cc3c(Cl)cc(F)cc3[nH]2)C1. The Balaban J connectivity index is 1.42. The molecular formula is C18H15ClFN7O. The van der Waals surface area contributed by atoms with Crippen molar-refractivity contribution in [3.8, 4) is 0 Å². The van der Waals surface area contributed by atoms with Crippen LogP contribution in [0.15, 0.2) is 30.9 Å². The Morgan fingerprint density at radius 2 is 2.14 bits per heavy atom. The molecule has 4 aromatic rings. The van der Waals surface area contributed by atoms with E-state index in [1.807, 2.05) is 4.57 Å². The van der Waals surface area contributed by atoms with Crippen LogP contribution in [0.4, 0.5) is 10.2 Å². The Bertz CT molecular complexity index is 1230. The van der Waals surface area contributed by atoms with Crippen LogP contribution in [-0.2, 0) is 0 Å². The summed E-state index contributed by atoms with van der Waals surface area (Å²) in [5, 5.41) is 0.890. The zero-order valence-electron chi connectivity index (χ0n) is 14.6. The van der Waals surface area contributed by atoms with Crippen LogP contribution in [0.25, 0.3) is 22.1 Å². The van der Waals surface area contributed by atoms with Crippen LogP contribution in [0.1, 0.15) is 23.0 Å². The minimum Gasteiger partial charge on any atom is -0.382 e. The molecule has 1 aromatic carbocycles. The number of hydrogen-bond donors (Lipinski definition) is 2. The molecule has 10 heteroatoms. The van der Waals surface area contributed by atoms with Crippen molar-refractivity contribution in [3.05, 3.63) is 47.4 Å². The number of aromatic nitrogens is 5. The summed E-state index contributed by atoms with van der Waals surface area (Å²) >= 11 is 6.08. The third kappa shape index (κ3) is 2.58. The standard InChI is InChI=1S/C18H15ClFN7O/c19-12-3-9(20)4-13-11(12)5-14(25-13)18(28)26-2-1-10(6-26)27-8-24-15-16(21)22-7-23-17(15)27/h3-5,7-8,10,25H,1-2,6H2,(H2,21,22,23). The van der Waals surface area contributed by atoms with Crippen LogP contribution in [-0.4, -0.2) is 48.4 Å². The molecule has 8 nitrogen and oxygen atoms in total. The van der Waals surface area contributed by atoms with Crippen molar-refractivity contribution in [3.63, 3.8) is 0 Å². The van der Waals surface area contributed by atoms with E-state index in [9.17, 15) is 9.18 Å². The molecule has 28 heavy (non-hydrogen) atoms. The largest absolute Gasteiger partial charge is 0.382 e. The number of halogens is 2. The van der Waals surface area contributed by atoms with Crippen LogP contribution in [0.3, 0.4) is 0 Å². The molecule has 1 saturated heterocycles. The van der Waals surface area contributed by atoms with Gasteiger partial charge in [0.1, 0.15) is 23.4 Å². The number of H-pyrrole nitrogens is 1. The number of amides is 1. The molecule has 3 aromatic heterocycles. The Hall–Kier alpha value is -3.20. The average molecular weight is 400 g/mol. The lowest BCUT2D eigenvalue weighted by molar-refractivity contribution is 0.0783. The first kappa shape index (κ1) is 16.9. The van der Waals surface area contributed by atoms with Gasteiger partial charge in [0, 0.05) is 18.5 Å². The summed E-state index contributed by atoms with van der Waals surface area (Å²) in [6, 6.07) is 4.25. The van der Waals surface area contributed by atoms with E-state index in [1.54, 1.807) is 17.3 Å². The first-order valence-electron chi connectivity index (χ1n) is 8.71. The molecule has 1 atom stereocenters. The fourth-order valence-electron chi connectivity index (χ4n) is 3.74. The van der Waals surface area contributed by atoms with Crippen LogP contribution in [0.5, 0.6) is 0 Å². The highest BCUT2D eigenvalue weighted by molar-refractivity contribution is 6.35. The molecular weight excluding hydrogens is 385 g/mol. The van der Waals surface area contributed by atoms with Crippen LogP contribution in [0.2, 0.25) is 5.02 Å². The predicted molar refractivity (Wildman–Crippen MR) is 103 cm³/mol. The third-order valence-corrected chi connectivity index (χ3v) is 5.43. The average Bonchev–Trinajstić information content (AvgIpc) is 3.38. The molecule has 0 saturated carbocycles. The smallest absolute Gasteiger partial charge is 0.270 e. The van der Waals surface area contributed by atoms with E-state index in [4.69, 9.17) is 17.3 Å². The van der Waals surface area contributed by atoms with Crippen molar-refractivity contribution in [2.45, 2.75) is 12.5 Å². The normalized spacial score (nSPS) is 17.1. The van der Waals surface area contributed by atoms with Crippen LogP contribution in [0, 0.1) is 5.82 Å². The summed E-state index contributed by atoms with van der Waals surface area (Å²) in [4.78, 5) is 30.2. The number of nitrogens with two attached hydrogens (primary N) is 1. The van der Waals surface area contributed by atoms with Gasteiger partial charge in [-0.3, -0.25) is 4.79 Å². The topological polar surface area (TPSA) is 106 Å². The minimum atomic E-state index is -0.451. The van der Waals surface area contributed by atoms with Gasteiger partial charge in [0.05, 0.1) is 22.9 Å². The number of carbonyl (C=O) groups is 1. The van der Waals surface area contributed by atoms with Crippen molar-refractivity contribution >= 4 is 45.4 Å². The monoisotopic (exact) mass is 399 g/mol. The van der Waals surface area contributed by atoms with Crippen molar-refractivity contribution < 1.29 is 9.18 Å². The van der Waals surface area contributed by atoms with Crippen molar-refractivity contribution in [1.29, 1.82) is 0 Å². The number of fused-ring (bicyclic) bond motifs is 2. The minimum absolute atomic E-state index is 0.0358. The number of nitrogens with one attached hydrogen (secondary N) is 1. The highest BCUT2D eigenvalue weighted by atomic mass is 35.5. The molecule has 142 valence electrons. The molecule has 1 aliphatic rings. The lowest BCUT2D eigenvalue weighted by atomic mass is 10.2. The zero-order chi connectivity index (χ0) is 19.4. The Labute approximate surface area is 163 Å². The van der Waals surface area contributed by atoms with Gasteiger partial charge in [-0.2, -0.15) is 0 Å². The van der Waals surface area contributed by atoms with Gasteiger partial charge in [0.25, 0.3) is 5.91 Å². The molecule has 1 aliphatic heterocycles. The van der Waals surface area contributed by atoms with E-state index in [-0.39, 0.29) is 17.0 Å². The maximum atomic E-state index is 13.5. The van der Waals surface area contributed by atoms with Crippen molar-refractivity contribution in [1.82, 2.24) is 29.4 Å². The van der Waals surface area contributed by atoms with Gasteiger partial charge in [-0.1, -0.05) is 11.6 Å². The predicted octanol–water partition coefficient (Wildman–Crippen LogP) is 2.77. The zero-order valence-corrected chi connectivity index (χ0v) is 15.3. The van der Waals surface area contributed by atoms with E-state index in [2.05, 4.69) is 19.9 Å². The number of benzene rings is 1. The van der Waals surface area contributed by atoms with E-state index in [0.29, 0.717) is 46.7 Å². The summed E-state index contributed by atoms with van der Waals surface area (Å²) in [7, 11) is 0. The number of nitrogen functional groups attached to an aromatic ring is 1. The summed E-state index contributed by atoms with van der Waals surface area (Å²) in [6.07, 6.45) is 3.84. The number of rotatable bonds is 2. The number of aromatic amines is 1. The molecule has 0 aliphatic carbocycles. The second-order valence-corrected chi connectivity index (χ2v) is 7.22. The third-order valence-electron chi connectivity index (χ3n) is 5.11. The Morgan fingerprint density at radius 3 is 3.00 bits per heavy atom. The molecule has 1 amide bonds. The van der Waals surface area contributed by atoms with Crippen molar-refractivity contribution in [2.24, 2.45) is 0 Å². The molecule has 3 N–H and O–H groups in total. The van der Waals surface area contributed by atoms with Gasteiger partial charge >= 0.3 is 0 Å². The number of likely N-dealkylation sites (tertiary alicyclic amines) is 1. The molecule has 0 spiro atoms. The van der Waals surface area contributed by atoms with Gasteiger partial charge < -0.3 is 20.2 Å². The second kappa shape index (κ2) is 6.16.